The second-order valence-electron chi connectivity index (χ2n) is 7.28. The van der Waals surface area contributed by atoms with E-state index in [0.29, 0.717) is 0 Å². The molecule has 2 rings (SSSR count). The van der Waals surface area contributed by atoms with Gasteiger partial charge in [0.05, 0.1) is 19.1 Å². The molecule has 134 valence electrons. The molecule has 25 heavy (non-hydrogen) atoms. The van der Waals surface area contributed by atoms with Crippen molar-refractivity contribution in [3.63, 3.8) is 0 Å². The van der Waals surface area contributed by atoms with Crippen LogP contribution < -0.4 is 10.6 Å². The van der Waals surface area contributed by atoms with Gasteiger partial charge in [-0.2, -0.15) is 0 Å². The molecule has 0 aliphatic rings. The maximum atomic E-state index is 12.1. The number of hydrogen-bond acceptors (Lipinski definition) is 3. The molecule has 2 aromatic carbocycles. The van der Waals surface area contributed by atoms with Crippen LogP contribution in [0.1, 0.15) is 26.3 Å². The van der Waals surface area contributed by atoms with Crippen LogP contribution in [0.2, 0.25) is 0 Å². The first-order valence-corrected chi connectivity index (χ1v) is 8.45. The van der Waals surface area contributed by atoms with E-state index >= 15 is 0 Å². The van der Waals surface area contributed by atoms with Gasteiger partial charge < -0.3 is 15.7 Å². The summed E-state index contributed by atoms with van der Waals surface area (Å²) in [7, 11) is 0. The molecule has 0 aliphatic heterocycles. The number of nitrogens with one attached hydrogen (secondary N) is 2. The molecule has 5 heteroatoms. The first-order valence-electron chi connectivity index (χ1n) is 8.45. The van der Waals surface area contributed by atoms with Crippen molar-refractivity contribution in [3.8, 4) is 0 Å². The Kier molecular flexibility index (Phi) is 6.15. The summed E-state index contributed by atoms with van der Waals surface area (Å²) in [5, 5.41) is 17.3. The standard InChI is InChI=1S/C20H26N2O3/c1-20(2,3)17(23)12-21-19(25)13-22-18(24)11-15-9-6-8-14-7-4-5-10-16(14)15/h4-10,17,23H,11-13H2,1-3H3,(H,21,25)(H,22,24). The van der Waals surface area contributed by atoms with E-state index in [9.17, 15) is 14.7 Å². The fourth-order valence-electron chi connectivity index (χ4n) is 2.44. The Morgan fingerprint density at radius 1 is 1.00 bits per heavy atom. The summed E-state index contributed by atoms with van der Waals surface area (Å²) in [6.07, 6.45) is -0.415. The van der Waals surface area contributed by atoms with Gasteiger partial charge in [-0.05, 0) is 21.8 Å². The zero-order valence-corrected chi connectivity index (χ0v) is 15.0. The number of aliphatic hydroxyl groups is 1. The van der Waals surface area contributed by atoms with Crippen LogP contribution in [0.4, 0.5) is 0 Å². The number of rotatable bonds is 6. The Morgan fingerprint density at radius 3 is 2.40 bits per heavy atom. The van der Waals surface area contributed by atoms with E-state index < -0.39 is 6.10 Å². The summed E-state index contributed by atoms with van der Waals surface area (Å²) in [6.45, 7) is 5.77. The predicted molar refractivity (Wildman–Crippen MR) is 99.1 cm³/mol. The number of carbonyl (C=O) groups excluding carboxylic acids is 2. The molecule has 2 amide bonds. The summed E-state index contributed by atoms with van der Waals surface area (Å²) in [4.78, 5) is 23.9. The molecule has 0 fully saturated rings. The zero-order valence-electron chi connectivity index (χ0n) is 15.0. The number of carbonyl (C=O) groups is 2. The first kappa shape index (κ1) is 18.9. The van der Waals surface area contributed by atoms with E-state index in [2.05, 4.69) is 10.6 Å². The van der Waals surface area contributed by atoms with Gasteiger partial charge >= 0.3 is 0 Å². The molecule has 0 bridgehead atoms. The molecule has 0 spiro atoms. The molecule has 1 atom stereocenters. The highest BCUT2D eigenvalue weighted by atomic mass is 16.3. The van der Waals surface area contributed by atoms with Crippen LogP contribution in [0.25, 0.3) is 10.8 Å². The van der Waals surface area contributed by atoms with E-state index in [4.69, 9.17) is 0 Å². The van der Waals surface area contributed by atoms with Gasteiger partial charge in [0.1, 0.15) is 0 Å². The number of benzene rings is 2. The molecular weight excluding hydrogens is 316 g/mol. The Balaban J connectivity index is 1.83. The third kappa shape index (κ3) is 5.57. The topological polar surface area (TPSA) is 78.4 Å². The highest BCUT2D eigenvalue weighted by molar-refractivity contribution is 5.91. The number of amides is 2. The van der Waals surface area contributed by atoms with Crippen molar-refractivity contribution in [3.05, 3.63) is 48.0 Å². The van der Waals surface area contributed by atoms with Crippen LogP contribution in [0, 0.1) is 5.41 Å². The van der Waals surface area contributed by atoms with Gasteiger partial charge in [-0.1, -0.05) is 63.2 Å². The largest absolute Gasteiger partial charge is 0.391 e. The molecule has 0 saturated carbocycles. The minimum absolute atomic E-state index is 0.0968. The van der Waals surface area contributed by atoms with Crippen LogP contribution in [-0.2, 0) is 16.0 Å². The summed E-state index contributed by atoms with van der Waals surface area (Å²) >= 11 is 0. The van der Waals surface area contributed by atoms with Crippen molar-refractivity contribution in [2.24, 2.45) is 5.41 Å². The lowest BCUT2D eigenvalue weighted by Gasteiger charge is -2.25. The SMILES string of the molecule is CC(C)(C)C(O)CNC(=O)CNC(=O)Cc1cccc2ccccc12. The predicted octanol–water partition coefficient (Wildman–Crippen LogP) is 2.02. The number of aliphatic hydroxyl groups excluding tert-OH is 1. The van der Waals surface area contributed by atoms with Gasteiger partial charge in [-0.25, -0.2) is 0 Å². The van der Waals surface area contributed by atoms with Crippen LogP contribution >= 0.6 is 0 Å². The summed E-state index contributed by atoms with van der Waals surface area (Å²) in [6, 6.07) is 13.7. The molecular formula is C20H26N2O3. The van der Waals surface area contributed by atoms with Gasteiger partial charge in [0.25, 0.3) is 0 Å². The number of hydrogen-bond donors (Lipinski definition) is 3. The molecule has 5 nitrogen and oxygen atoms in total. The first-order chi connectivity index (χ1) is 11.8. The van der Waals surface area contributed by atoms with Gasteiger partial charge in [-0.3, -0.25) is 9.59 Å². The Bertz CT molecular complexity index is 745. The van der Waals surface area contributed by atoms with Gasteiger partial charge in [0.15, 0.2) is 0 Å². The Morgan fingerprint density at radius 2 is 1.68 bits per heavy atom. The fourth-order valence-corrected chi connectivity index (χ4v) is 2.44. The number of fused-ring (bicyclic) bond motifs is 1. The second-order valence-corrected chi connectivity index (χ2v) is 7.28. The van der Waals surface area contributed by atoms with E-state index in [0.717, 1.165) is 16.3 Å². The lowest BCUT2D eigenvalue weighted by molar-refractivity contribution is -0.126. The quantitative estimate of drug-likeness (QED) is 0.751. The van der Waals surface area contributed by atoms with E-state index in [1.165, 1.54) is 0 Å². The van der Waals surface area contributed by atoms with Crippen molar-refractivity contribution in [2.75, 3.05) is 13.1 Å². The summed E-state index contributed by atoms with van der Waals surface area (Å²) in [5.41, 5.74) is 0.629. The molecule has 3 N–H and O–H groups in total. The van der Waals surface area contributed by atoms with Crippen molar-refractivity contribution in [2.45, 2.75) is 33.3 Å². The molecule has 0 saturated heterocycles. The molecule has 0 aliphatic carbocycles. The van der Waals surface area contributed by atoms with Gasteiger partial charge in [0, 0.05) is 6.54 Å². The smallest absolute Gasteiger partial charge is 0.239 e. The van der Waals surface area contributed by atoms with E-state index in [-0.39, 0.29) is 36.7 Å². The monoisotopic (exact) mass is 342 g/mol. The van der Waals surface area contributed by atoms with Crippen LogP contribution in [-0.4, -0.2) is 36.1 Å². The normalized spacial score (nSPS) is 12.6. The van der Waals surface area contributed by atoms with Crippen LogP contribution in [0.15, 0.2) is 42.5 Å². The molecule has 0 heterocycles. The summed E-state index contributed by atoms with van der Waals surface area (Å²) < 4.78 is 0. The Labute approximate surface area is 148 Å². The van der Waals surface area contributed by atoms with Gasteiger partial charge in [-0.15, -0.1) is 0 Å². The van der Waals surface area contributed by atoms with Crippen molar-refractivity contribution in [1.29, 1.82) is 0 Å². The van der Waals surface area contributed by atoms with Gasteiger partial charge in [0.2, 0.25) is 11.8 Å². The summed E-state index contributed by atoms with van der Waals surface area (Å²) in [5.74, 6) is -0.516. The second kappa shape index (κ2) is 8.12. The third-order valence-electron chi connectivity index (χ3n) is 4.17. The minimum atomic E-state index is -0.636. The van der Waals surface area contributed by atoms with Crippen LogP contribution in [0.5, 0.6) is 0 Å². The van der Waals surface area contributed by atoms with E-state index in [1.807, 2.05) is 63.2 Å². The third-order valence-corrected chi connectivity index (χ3v) is 4.17. The highest BCUT2D eigenvalue weighted by Gasteiger charge is 2.22. The average Bonchev–Trinajstić information content (AvgIpc) is 2.57. The lowest BCUT2D eigenvalue weighted by Crippen LogP contribution is -2.43. The average molecular weight is 342 g/mol. The minimum Gasteiger partial charge on any atom is -0.391 e. The lowest BCUT2D eigenvalue weighted by atomic mass is 9.89. The zero-order chi connectivity index (χ0) is 18.4. The van der Waals surface area contributed by atoms with E-state index in [1.54, 1.807) is 0 Å². The molecule has 0 aromatic heterocycles. The molecule has 0 radical (unpaired) electrons. The highest BCUT2D eigenvalue weighted by Crippen LogP contribution is 2.19. The maximum absolute atomic E-state index is 12.1. The molecule has 1 unspecified atom stereocenters. The maximum Gasteiger partial charge on any atom is 0.239 e. The van der Waals surface area contributed by atoms with Crippen molar-refractivity contribution >= 4 is 22.6 Å². The fraction of sp³-hybridized carbons (Fsp3) is 0.400. The Hall–Kier alpha value is -2.40. The van der Waals surface area contributed by atoms with Crippen molar-refractivity contribution in [1.82, 2.24) is 10.6 Å². The molecule has 2 aromatic rings. The van der Waals surface area contributed by atoms with Crippen molar-refractivity contribution < 1.29 is 14.7 Å². The van der Waals surface area contributed by atoms with Crippen LogP contribution in [0.3, 0.4) is 0 Å².